The molecule has 1 aromatic heterocycles. The van der Waals surface area contributed by atoms with E-state index < -0.39 is 5.60 Å². The monoisotopic (exact) mass is 566 g/mol. The van der Waals surface area contributed by atoms with Crippen LogP contribution in [0.4, 0.5) is 4.79 Å². The van der Waals surface area contributed by atoms with Gasteiger partial charge in [-0.2, -0.15) is 0 Å². The van der Waals surface area contributed by atoms with Gasteiger partial charge in [0.1, 0.15) is 5.60 Å². The van der Waals surface area contributed by atoms with Gasteiger partial charge in [-0.05, 0) is 126 Å². The van der Waals surface area contributed by atoms with Crippen LogP contribution in [0.5, 0.6) is 0 Å². The van der Waals surface area contributed by atoms with Crippen molar-refractivity contribution in [2.24, 2.45) is 17.8 Å². The number of carbonyl (C=O) groups is 2. The highest BCUT2D eigenvalue weighted by molar-refractivity contribution is 5.95. The van der Waals surface area contributed by atoms with Gasteiger partial charge < -0.3 is 9.47 Å². The number of esters is 1. The Morgan fingerprint density at radius 3 is 2.38 bits per heavy atom. The van der Waals surface area contributed by atoms with E-state index >= 15 is 0 Å². The number of piperidine rings is 1. The minimum absolute atomic E-state index is 0.240. The molecule has 0 amide bonds. The van der Waals surface area contributed by atoms with Crippen molar-refractivity contribution in [2.45, 2.75) is 84.4 Å². The zero-order valence-electron chi connectivity index (χ0n) is 25.5. The van der Waals surface area contributed by atoms with Gasteiger partial charge in [0.2, 0.25) is 0 Å². The van der Waals surface area contributed by atoms with E-state index in [2.05, 4.69) is 47.9 Å². The molecule has 1 aliphatic heterocycles. The van der Waals surface area contributed by atoms with Gasteiger partial charge in [0, 0.05) is 35.7 Å². The molecule has 2 saturated carbocycles. The summed E-state index contributed by atoms with van der Waals surface area (Å²) in [5, 5.41) is 1.06. The fourth-order valence-electron chi connectivity index (χ4n) is 6.48. The molecule has 0 radical (unpaired) electrons. The summed E-state index contributed by atoms with van der Waals surface area (Å²) in [6.07, 6.45) is 8.82. The second kappa shape index (κ2) is 11.3. The molecule has 3 fully saturated rings. The lowest BCUT2D eigenvalue weighted by Crippen LogP contribution is -2.37. The number of hydrogen-bond donors (Lipinski definition) is 0. The van der Waals surface area contributed by atoms with Crippen LogP contribution >= 0.6 is 0 Å². The Balaban J connectivity index is 1.39. The molecule has 6 nitrogen and oxygen atoms in total. The van der Waals surface area contributed by atoms with E-state index in [0.29, 0.717) is 11.5 Å². The number of hydrogen-bond acceptors (Lipinski definition) is 5. The van der Waals surface area contributed by atoms with Crippen LogP contribution in [0, 0.1) is 36.5 Å². The van der Waals surface area contributed by atoms with Crippen molar-refractivity contribution in [2.75, 3.05) is 13.7 Å². The van der Waals surface area contributed by atoms with E-state index in [9.17, 15) is 9.59 Å². The number of fused-ring (bicyclic) bond motifs is 1. The molecule has 0 N–H and O–H groups in total. The number of ether oxygens (including phenoxy) is 2. The lowest BCUT2D eigenvalue weighted by molar-refractivity contribution is 0.0542. The summed E-state index contributed by atoms with van der Waals surface area (Å²) < 4.78 is 12.3. The molecule has 0 unspecified atom stereocenters. The Kier molecular flexibility index (Phi) is 7.66. The normalized spacial score (nSPS) is 21.1. The number of nitrogens with zero attached hydrogens (tertiary/aromatic N) is 2. The highest BCUT2D eigenvalue weighted by Gasteiger charge is 2.38. The molecule has 0 spiro atoms. The minimum atomic E-state index is -0.581. The Labute approximate surface area is 249 Å². The number of aromatic nitrogens is 1. The summed E-state index contributed by atoms with van der Waals surface area (Å²) in [7, 11) is 1.42. The molecule has 42 heavy (non-hydrogen) atoms. The molecule has 6 heteroatoms. The number of carbonyl (C=O) groups excluding carboxylic acids is 2. The quantitative estimate of drug-likeness (QED) is 0.235. The van der Waals surface area contributed by atoms with Crippen LogP contribution in [0.1, 0.15) is 97.9 Å². The average molecular weight is 567 g/mol. The highest BCUT2D eigenvalue weighted by atomic mass is 16.6. The second-order valence-corrected chi connectivity index (χ2v) is 13.4. The van der Waals surface area contributed by atoms with Crippen molar-refractivity contribution in [3.05, 3.63) is 70.4 Å². The number of methoxy groups -OCH3 is 1. The van der Waals surface area contributed by atoms with E-state index in [4.69, 9.17) is 9.47 Å². The Morgan fingerprint density at radius 1 is 1.00 bits per heavy atom. The van der Waals surface area contributed by atoms with E-state index in [-0.39, 0.29) is 18.1 Å². The van der Waals surface area contributed by atoms with Crippen LogP contribution in [0.3, 0.4) is 0 Å². The van der Waals surface area contributed by atoms with Crippen molar-refractivity contribution in [3.63, 3.8) is 0 Å². The summed E-state index contributed by atoms with van der Waals surface area (Å²) in [4.78, 5) is 27.9. The first-order valence-electron chi connectivity index (χ1n) is 15.4. The van der Waals surface area contributed by atoms with Gasteiger partial charge in [-0.15, -0.1) is 0 Å². The zero-order chi connectivity index (χ0) is 29.6. The number of likely N-dealkylation sites (tertiary alicyclic amines) is 1. The van der Waals surface area contributed by atoms with Crippen LogP contribution in [-0.4, -0.2) is 40.8 Å². The summed E-state index contributed by atoms with van der Waals surface area (Å²) in [6, 6.07) is 12.4. The Morgan fingerprint density at radius 2 is 1.74 bits per heavy atom. The fourth-order valence-corrected chi connectivity index (χ4v) is 6.48. The van der Waals surface area contributed by atoms with Crippen LogP contribution in [-0.2, 0) is 16.0 Å². The fraction of sp³-hybridized carbons (Fsp3) is 0.500. The average Bonchev–Trinajstić information content (AvgIpc) is 3.90. The predicted molar refractivity (Wildman–Crippen MR) is 164 cm³/mol. The van der Waals surface area contributed by atoms with Gasteiger partial charge in [0.25, 0.3) is 0 Å². The maximum Gasteiger partial charge on any atom is 0.419 e. The van der Waals surface area contributed by atoms with Gasteiger partial charge in [-0.1, -0.05) is 24.0 Å². The standard InChI is InChI=1S/C36H42N2O4/c1-23-20-29(9-8-24-6-7-24)31(30-17-19-38(33(23)30)35(40)42-36(2,3)4)22-37-18-16-28(25-10-11-25)21-32(37)26-12-14-27(15-13-26)34(39)41-5/h12-15,17,19-20,24-25,28,32H,6-7,10-11,16,18,21-22H2,1-5H3/t28-,32+/m1/s1. The summed E-state index contributed by atoms with van der Waals surface area (Å²) >= 11 is 0. The Bertz CT molecular complexity index is 1560. The lowest BCUT2D eigenvalue weighted by Gasteiger charge is -2.40. The van der Waals surface area contributed by atoms with E-state index in [1.807, 2.05) is 39.1 Å². The van der Waals surface area contributed by atoms with Gasteiger partial charge in [0.05, 0.1) is 18.2 Å². The summed E-state index contributed by atoms with van der Waals surface area (Å²) in [5.41, 5.74) is 5.36. The number of aryl methyl sites for hydroxylation is 1. The van der Waals surface area contributed by atoms with Crippen LogP contribution in [0.25, 0.3) is 10.9 Å². The molecule has 2 aromatic carbocycles. The van der Waals surface area contributed by atoms with Crippen molar-refractivity contribution in [1.82, 2.24) is 9.47 Å². The third-order valence-corrected chi connectivity index (χ3v) is 8.97. The van der Waals surface area contributed by atoms with Crippen LogP contribution < -0.4 is 0 Å². The smallest absolute Gasteiger partial charge is 0.419 e. The molecule has 3 aromatic rings. The molecular formula is C36H42N2O4. The first kappa shape index (κ1) is 28.6. The minimum Gasteiger partial charge on any atom is -0.465 e. The molecule has 2 atom stereocenters. The van der Waals surface area contributed by atoms with Crippen molar-refractivity contribution < 1.29 is 19.1 Å². The lowest BCUT2D eigenvalue weighted by atomic mass is 9.83. The molecule has 6 rings (SSSR count). The van der Waals surface area contributed by atoms with E-state index in [1.54, 1.807) is 4.57 Å². The zero-order valence-corrected chi connectivity index (χ0v) is 25.5. The van der Waals surface area contributed by atoms with E-state index in [1.165, 1.54) is 50.3 Å². The van der Waals surface area contributed by atoms with Gasteiger partial charge in [-0.3, -0.25) is 9.47 Å². The maximum atomic E-state index is 13.2. The molecule has 220 valence electrons. The van der Waals surface area contributed by atoms with Crippen molar-refractivity contribution in [1.29, 1.82) is 0 Å². The predicted octanol–water partition coefficient (Wildman–Crippen LogP) is 7.64. The largest absolute Gasteiger partial charge is 0.465 e. The van der Waals surface area contributed by atoms with Crippen molar-refractivity contribution in [3.8, 4) is 11.8 Å². The highest BCUT2D eigenvalue weighted by Crippen LogP contribution is 2.47. The molecule has 1 saturated heterocycles. The second-order valence-electron chi connectivity index (χ2n) is 13.4. The van der Waals surface area contributed by atoms with Gasteiger partial charge >= 0.3 is 12.1 Å². The topological polar surface area (TPSA) is 60.8 Å². The summed E-state index contributed by atoms with van der Waals surface area (Å²) in [6.45, 7) is 9.48. The van der Waals surface area contributed by atoms with Crippen LogP contribution in [0.15, 0.2) is 42.6 Å². The molecule has 2 heterocycles. The molecule has 2 aliphatic carbocycles. The number of rotatable bonds is 5. The first-order chi connectivity index (χ1) is 20.1. The van der Waals surface area contributed by atoms with Crippen molar-refractivity contribution >= 4 is 23.0 Å². The number of benzene rings is 2. The third-order valence-electron chi connectivity index (χ3n) is 8.97. The Hall–Kier alpha value is -3.56. The summed E-state index contributed by atoms with van der Waals surface area (Å²) in [5.74, 6) is 8.78. The molecule has 3 aliphatic rings. The molecule has 0 bridgehead atoms. The van der Waals surface area contributed by atoms with Gasteiger partial charge in [0.15, 0.2) is 0 Å². The van der Waals surface area contributed by atoms with Crippen LogP contribution in [0.2, 0.25) is 0 Å². The first-order valence-corrected chi connectivity index (χ1v) is 15.4. The maximum absolute atomic E-state index is 13.2. The van der Waals surface area contributed by atoms with E-state index in [0.717, 1.165) is 53.4 Å². The third kappa shape index (κ3) is 6.13. The molecular weight excluding hydrogens is 524 g/mol. The van der Waals surface area contributed by atoms with Gasteiger partial charge in [-0.25, -0.2) is 9.59 Å². The SMILES string of the molecule is COC(=O)c1ccc([C@@H]2C[C@H](C3CC3)CCN2Cc2c(C#CC3CC3)cc(C)c3c2ccn3C(=O)OC(C)(C)C)cc1.